The summed E-state index contributed by atoms with van der Waals surface area (Å²) in [6, 6.07) is 7.72. The van der Waals surface area contributed by atoms with Gasteiger partial charge in [-0.3, -0.25) is 0 Å². The molecule has 0 unspecified atom stereocenters. The van der Waals surface area contributed by atoms with E-state index in [1.54, 1.807) is 16.8 Å². The fraction of sp³-hybridized carbons (Fsp3) is 0.438. The minimum Gasteiger partial charge on any atom is -0.870 e. The van der Waals surface area contributed by atoms with Crippen LogP contribution in [0.5, 0.6) is 0 Å². The second-order valence-electron chi connectivity index (χ2n) is 5.71. The molecular formula is C16H19BrN4O. The Labute approximate surface area is 138 Å². The highest BCUT2D eigenvalue weighted by molar-refractivity contribution is 9.10. The highest BCUT2D eigenvalue weighted by Gasteiger charge is 2.25. The van der Waals surface area contributed by atoms with E-state index in [0.29, 0.717) is 11.6 Å². The summed E-state index contributed by atoms with van der Waals surface area (Å²) >= 11 is 3.37. The Morgan fingerprint density at radius 2 is 1.95 bits per heavy atom. The van der Waals surface area contributed by atoms with Gasteiger partial charge in [0.1, 0.15) is 17.5 Å². The molecule has 0 spiro atoms. The fourth-order valence-electron chi connectivity index (χ4n) is 2.90. The van der Waals surface area contributed by atoms with Gasteiger partial charge < -0.3 is 5.11 Å². The van der Waals surface area contributed by atoms with Gasteiger partial charge in [-0.1, -0.05) is 44.9 Å². The Balaban J connectivity index is 1.84. The lowest BCUT2D eigenvalue weighted by Gasteiger charge is -2.18. The van der Waals surface area contributed by atoms with E-state index in [1.165, 1.54) is 25.5 Å². The van der Waals surface area contributed by atoms with Gasteiger partial charge in [-0.15, -0.1) is 4.68 Å². The SMILES string of the molecule is Cc1n(/C=C(\[O-])c2ccc(Br)cc2)nn[n+]1C1CCCCC1. The number of hydrogen-bond acceptors (Lipinski definition) is 3. The smallest absolute Gasteiger partial charge is 0.259 e. The molecular weight excluding hydrogens is 344 g/mol. The third-order valence-corrected chi connectivity index (χ3v) is 4.71. The van der Waals surface area contributed by atoms with Crippen LogP contribution in [-0.2, 0) is 0 Å². The Morgan fingerprint density at radius 1 is 1.27 bits per heavy atom. The monoisotopic (exact) mass is 362 g/mol. The van der Waals surface area contributed by atoms with E-state index in [-0.39, 0.29) is 5.76 Å². The van der Waals surface area contributed by atoms with Gasteiger partial charge in [0.2, 0.25) is 0 Å². The topological polar surface area (TPSA) is 57.6 Å². The Kier molecular flexibility index (Phi) is 4.57. The van der Waals surface area contributed by atoms with E-state index in [4.69, 9.17) is 0 Å². The highest BCUT2D eigenvalue weighted by Crippen LogP contribution is 2.23. The second kappa shape index (κ2) is 6.60. The molecule has 0 aliphatic heterocycles. The number of rotatable bonds is 3. The van der Waals surface area contributed by atoms with Crippen molar-refractivity contribution in [3.8, 4) is 0 Å². The van der Waals surface area contributed by atoms with Crippen LogP contribution in [0.1, 0.15) is 49.5 Å². The van der Waals surface area contributed by atoms with Crippen molar-refractivity contribution in [2.45, 2.75) is 45.1 Å². The predicted molar refractivity (Wildman–Crippen MR) is 85.4 cm³/mol. The first-order valence-electron chi connectivity index (χ1n) is 7.63. The van der Waals surface area contributed by atoms with Crippen molar-refractivity contribution in [2.24, 2.45) is 0 Å². The molecule has 0 bridgehead atoms. The quantitative estimate of drug-likeness (QED) is 0.622. The highest BCUT2D eigenvalue weighted by atomic mass is 79.9. The summed E-state index contributed by atoms with van der Waals surface area (Å²) in [7, 11) is 0. The number of aromatic nitrogens is 4. The molecule has 6 heteroatoms. The van der Waals surface area contributed by atoms with Crippen molar-refractivity contribution >= 4 is 27.9 Å². The van der Waals surface area contributed by atoms with Crippen LogP contribution in [0, 0.1) is 6.92 Å². The van der Waals surface area contributed by atoms with Crippen LogP contribution in [0.25, 0.3) is 12.0 Å². The van der Waals surface area contributed by atoms with Crippen LogP contribution < -0.4 is 9.79 Å². The molecule has 0 radical (unpaired) electrons. The van der Waals surface area contributed by atoms with Crippen LogP contribution in [-0.4, -0.2) is 15.1 Å². The van der Waals surface area contributed by atoms with Gasteiger partial charge in [0.15, 0.2) is 5.21 Å². The molecule has 1 aliphatic carbocycles. The van der Waals surface area contributed by atoms with Crippen LogP contribution in [0.15, 0.2) is 28.7 Å². The van der Waals surface area contributed by atoms with Crippen molar-refractivity contribution in [3.05, 3.63) is 40.1 Å². The third kappa shape index (κ3) is 3.21. The zero-order valence-corrected chi connectivity index (χ0v) is 14.2. The summed E-state index contributed by atoms with van der Waals surface area (Å²) in [4.78, 5) is 0. The number of nitrogens with zero attached hydrogens (tertiary/aromatic N) is 4. The molecule has 2 aromatic rings. The van der Waals surface area contributed by atoms with Gasteiger partial charge in [0.25, 0.3) is 5.82 Å². The summed E-state index contributed by atoms with van der Waals surface area (Å²) in [6.07, 6.45) is 7.58. The lowest BCUT2D eigenvalue weighted by Crippen LogP contribution is -2.45. The van der Waals surface area contributed by atoms with Crippen LogP contribution in [0.4, 0.5) is 0 Å². The largest absolute Gasteiger partial charge is 0.870 e. The molecule has 22 heavy (non-hydrogen) atoms. The fourth-order valence-corrected chi connectivity index (χ4v) is 3.17. The van der Waals surface area contributed by atoms with E-state index in [9.17, 15) is 5.11 Å². The summed E-state index contributed by atoms with van der Waals surface area (Å²) in [5.74, 6) is 0.827. The van der Waals surface area contributed by atoms with Crippen LogP contribution in [0.2, 0.25) is 0 Å². The molecule has 1 saturated carbocycles. The molecule has 0 saturated heterocycles. The maximum absolute atomic E-state index is 12.3. The minimum atomic E-state index is -0.0729. The van der Waals surface area contributed by atoms with Crippen LogP contribution >= 0.6 is 15.9 Å². The molecule has 1 heterocycles. The summed E-state index contributed by atoms with van der Waals surface area (Å²) in [5.41, 5.74) is 0.641. The summed E-state index contributed by atoms with van der Waals surface area (Å²) < 4.78 is 4.50. The number of benzene rings is 1. The molecule has 1 aliphatic rings. The predicted octanol–water partition coefficient (Wildman–Crippen LogP) is 2.46. The molecule has 1 aromatic carbocycles. The zero-order chi connectivity index (χ0) is 15.5. The molecule has 0 N–H and O–H groups in total. The first-order valence-corrected chi connectivity index (χ1v) is 8.43. The van der Waals surface area contributed by atoms with Crippen molar-refractivity contribution in [2.75, 3.05) is 0 Å². The van der Waals surface area contributed by atoms with Gasteiger partial charge in [0.05, 0.1) is 0 Å². The normalized spacial score (nSPS) is 16.9. The minimum absolute atomic E-state index is 0.0729. The van der Waals surface area contributed by atoms with E-state index >= 15 is 0 Å². The summed E-state index contributed by atoms with van der Waals surface area (Å²) in [6.45, 7) is 1.96. The van der Waals surface area contributed by atoms with Gasteiger partial charge >= 0.3 is 0 Å². The van der Waals surface area contributed by atoms with Crippen molar-refractivity contribution in [1.82, 2.24) is 15.1 Å². The maximum atomic E-state index is 12.3. The molecule has 3 rings (SSSR count). The Bertz CT molecular complexity index is 672. The number of halogens is 1. The van der Waals surface area contributed by atoms with E-state index in [0.717, 1.165) is 23.1 Å². The molecule has 0 amide bonds. The molecule has 116 valence electrons. The average molecular weight is 363 g/mol. The number of hydrogen-bond donors (Lipinski definition) is 0. The molecule has 5 nitrogen and oxygen atoms in total. The first kappa shape index (κ1) is 15.2. The Hall–Kier alpha value is -1.69. The van der Waals surface area contributed by atoms with E-state index in [1.807, 2.05) is 23.7 Å². The second-order valence-corrected chi connectivity index (χ2v) is 6.62. The van der Waals surface area contributed by atoms with Gasteiger partial charge in [-0.25, -0.2) is 0 Å². The van der Waals surface area contributed by atoms with E-state index in [2.05, 4.69) is 26.4 Å². The Morgan fingerprint density at radius 3 is 2.64 bits per heavy atom. The lowest BCUT2D eigenvalue weighted by atomic mass is 9.96. The number of tetrazole rings is 1. The molecule has 1 aromatic heterocycles. The van der Waals surface area contributed by atoms with Crippen LogP contribution in [0.3, 0.4) is 0 Å². The first-order chi connectivity index (χ1) is 10.6. The third-order valence-electron chi connectivity index (χ3n) is 4.18. The van der Waals surface area contributed by atoms with Crippen molar-refractivity contribution < 1.29 is 9.79 Å². The molecule has 0 atom stereocenters. The standard InChI is InChI=1S/C16H19BrN4O/c1-12-20(11-16(22)13-7-9-14(17)10-8-13)18-19-21(12)15-5-3-2-4-6-15/h7-11,15H,2-6H2,1H3/b16-11-. The van der Waals surface area contributed by atoms with Gasteiger partial charge in [-0.2, -0.15) is 0 Å². The maximum Gasteiger partial charge on any atom is 0.259 e. The van der Waals surface area contributed by atoms with Gasteiger partial charge in [0, 0.05) is 11.4 Å². The van der Waals surface area contributed by atoms with Crippen molar-refractivity contribution in [1.29, 1.82) is 0 Å². The zero-order valence-electron chi connectivity index (χ0n) is 12.6. The average Bonchev–Trinajstić information content (AvgIpc) is 2.90. The lowest BCUT2D eigenvalue weighted by molar-refractivity contribution is -0.785. The molecule has 1 fully saturated rings. The van der Waals surface area contributed by atoms with Crippen molar-refractivity contribution in [3.63, 3.8) is 0 Å². The van der Waals surface area contributed by atoms with Gasteiger partial charge in [-0.05, 0) is 43.4 Å². The summed E-state index contributed by atoms with van der Waals surface area (Å²) in [5, 5.41) is 20.7. The van der Waals surface area contributed by atoms with E-state index < -0.39 is 0 Å².